The Morgan fingerprint density at radius 3 is 2.76 bits per heavy atom. The van der Waals surface area contributed by atoms with Gasteiger partial charge in [-0.25, -0.2) is 0 Å². The molecule has 21 heavy (non-hydrogen) atoms. The first-order valence-corrected chi connectivity index (χ1v) is 6.34. The van der Waals surface area contributed by atoms with Gasteiger partial charge in [0.05, 0.1) is 12.7 Å². The predicted molar refractivity (Wildman–Crippen MR) is 78.9 cm³/mol. The molecule has 2 aromatic rings. The van der Waals surface area contributed by atoms with Gasteiger partial charge in [-0.3, -0.25) is 9.59 Å². The molecule has 0 saturated carbocycles. The second-order valence-electron chi connectivity index (χ2n) is 4.22. The average molecular weight is 285 g/mol. The lowest BCUT2D eigenvalue weighted by Gasteiger charge is -2.09. The SMILES string of the molecule is COc1cccc(NC(=O)COc2ccccc2C=O)c1. The van der Waals surface area contributed by atoms with Crippen LogP contribution in [0.1, 0.15) is 10.4 Å². The van der Waals surface area contributed by atoms with Crippen molar-refractivity contribution in [2.75, 3.05) is 19.0 Å². The van der Waals surface area contributed by atoms with Crippen molar-refractivity contribution < 1.29 is 19.1 Å². The number of hydrogen-bond donors (Lipinski definition) is 1. The molecule has 0 aromatic heterocycles. The van der Waals surface area contributed by atoms with E-state index in [1.165, 1.54) is 0 Å². The minimum atomic E-state index is -0.316. The summed E-state index contributed by atoms with van der Waals surface area (Å²) in [5.41, 5.74) is 1.03. The smallest absolute Gasteiger partial charge is 0.262 e. The minimum absolute atomic E-state index is 0.179. The van der Waals surface area contributed by atoms with Crippen LogP contribution in [-0.2, 0) is 4.79 Å². The molecule has 5 heteroatoms. The summed E-state index contributed by atoms with van der Waals surface area (Å²) in [6, 6.07) is 13.8. The van der Waals surface area contributed by atoms with Crippen LogP contribution in [-0.4, -0.2) is 25.9 Å². The largest absolute Gasteiger partial charge is 0.497 e. The molecule has 1 N–H and O–H groups in total. The van der Waals surface area contributed by atoms with E-state index in [2.05, 4.69) is 5.32 Å². The van der Waals surface area contributed by atoms with Crippen molar-refractivity contribution in [3.8, 4) is 11.5 Å². The van der Waals surface area contributed by atoms with Crippen LogP contribution in [0.2, 0.25) is 0 Å². The van der Waals surface area contributed by atoms with Crippen LogP contribution in [0.25, 0.3) is 0 Å². The average Bonchev–Trinajstić information content (AvgIpc) is 2.53. The summed E-state index contributed by atoms with van der Waals surface area (Å²) < 4.78 is 10.4. The van der Waals surface area contributed by atoms with Crippen LogP contribution in [0, 0.1) is 0 Å². The molecule has 0 aliphatic carbocycles. The number of ether oxygens (including phenoxy) is 2. The molecule has 5 nitrogen and oxygen atoms in total. The molecule has 0 unspecified atom stereocenters. The maximum atomic E-state index is 11.8. The summed E-state index contributed by atoms with van der Waals surface area (Å²) in [6.07, 6.45) is 0.690. The van der Waals surface area contributed by atoms with Crippen LogP contribution in [0.3, 0.4) is 0 Å². The van der Waals surface area contributed by atoms with Crippen LogP contribution in [0.5, 0.6) is 11.5 Å². The van der Waals surface area contributed by atoms with Gasteiger partial charge in [-0.15, -0.1) is 0 Å². The topological polar surface area (TPSA) is 64.6 Å². The Morgan fingerprint density at radius 1 is 1.19 bits per heavy atom. The van der Waals surface area contributed by atoms with Gasteiger partial charge in [0.1, 0.15) is 11.5 Å². The van der Waals surface area contributed by atoms with E-state index in [4.69, 9.17) is 9.47 Å². The molecule has 2 aromatic carbocycles. The van der Waals surface area contributed by atoms with E-state index >= 15 is 0 Å². The third kappa shape index (κ3) is 4.07. The van der Waals surface area contributed by atoms with Crippen molar-refractivity contribution >= 4 is 17.9 Å². The van der Waals surface area contributed by atoms with Gasteiger partial charge >= 0.3 is 0 Å². The molecule has 0 fully saturated rings. The van der Waals surface area contributed by atoms with Crippen molar-refractivity contribution in [1.82, 2.24) is 0 Å². The van der Waals surface area contributed by atoms with E-state index in [0.717, 1.165) is 0 Å². The summed E-state index contributed by atoms with van der Waals surface area (Å²) >= 11 is 0. The Morgan fingerprint density at radius 2 is 2.00 bits per heavy atom. The summed E-state index contributed by atoms with van der Waals surface area (Å²) in [7, 11) is 1.56. The first kappa shape index (κ1) is 14.6. The maximum absolute atomic E-state index is 11.8. The zero-order valence-corrected chi connectivity index (χ0v) is 11.5. The predicted octanol–water partition coefficient (Wildman–Crippen LogP) is 2.53. The zero-order chi connectivity index (χ0) is 15.1. The highest BCUT2D eigenvalue weighted by atomic mass is 16.5. The van der Waals surface area contributed by atoms with Gasteiger partial charge in [0.2, 0.25) is 0 Å². The Hall–Kier alpha value is -2.82. The van der Waals surface area contributed by atoms with Crippen molar-refractivity contribution in [2.24, 2.45) is 0 Å². The lowest BCUT2D eigenvalue weighted by Crippen LogP contribution is -2.20. The number of amides is 1. The van der Waals surface area contributed by atoms with E-state index in [1.54, 1.807) is 55.6 Å². The number of carbonyl (C=O) groups excluding carboxylic acids is 2. The van der Waals surface area contributed by atoms with E-state index in [0.29, 0.717) is 29.0 Å². The molecule has 108 valence electrons. The quantitative estimate of drug-likeness (QED) is 0.828. The van der Waals surface area contributed by atoms with Gasteiger partial charge in [0, 0.05) is 11.8 Å². The summed E-state index contributed by atoms with van der Waals surface area (Å²) in [5.74, 6) is 0.720. The highest BCUT2D eigenvalue weighted by molar-refractivity contribution is 5.92. The summed E-state index contributed by atoms with van der Waals surface area (Å²) in [5, 5.41) is 2.69. The first-order valence-electron chi connectivity index (χ1n) is 6.34. The molecule has 2 rings (SSSR count). The molecule has 0 saturated heterocycles. The van der Waals surface area contributed by atoms with E-state index < -0.39 is 0 Å². The molecule has 0 aliphatic rings. The fraction of sp³-hybridized carbons (Fsp3) is 0.125. The molecular formula is C16H15NO4. The van der Waals surface area contributed by atoms with Crippen LogP contribution < -0.4 is 14.8 Å². The fourth-order valence-corrected chi connectivity index (χ4v) is 1.75. The lowest BCUT2D eigenvalue weighted by molar-refractivity contribution is -0.118. The normalized spacial score (nSPS) is 9.76. The van der Waals surface area contributed by atoms with Crippen molar-refractivity contribution in [3.05, 3.63) is 54.1 Å². The Balaban J connectivity index is 1.94. The molecule has 0 bridgehead atoms. The number of carbonyl (C=O) groups is 2. The number of nitrogens with one attached hydrogen (secondary N) is 1. The maximum Gasteiger partial charge on any atom is 0.262 e. The molecule has 0 spiro atoms. The Kier molecular flexibility index (Phi) is 4.93. The fourth-order valence-electron chi connectivity index (χ4n) is 1.75. The van der Waals surface area contributed by atoms with E-state index in [1.807, 2.05) is 0 Å². The number of methoxy groups -OCH3 is 1. The number of para-hydroxylation sites is 1. The monoisotopic (exact) mass is 285 g/mol. The van der Waals surface area contributed by atoms with Gasteiger partial charge in [0.25, 0.3) is 5.91 Å². The van der Waals surface area contributed by atoms with Gasteiger partial charge in [0.15, 0.2) is 12.9 Å². The third-order valence-corrected chi connectivity index (χ3v) is 2.76. The molecule has 0 atom stereocenters. The van der Waals surface area contributed by atoms with Crippen LogP contribution >= 0.6 is 0 Å². The van der Waals surface area contributed by atoms with Crippen molar-refractivity contribution in [1.29, 1.82) is 0 Å². The van der Waals surface area contributed by atoms with Gasteiger partial charge in [-0.1, -0.05) is 18.2 Å². The van der Waals surface area contributed by atoms with Gasteiger partial charge in [-0.2, -0.15) is 0 Å². The minimum Gasteiger partial charge on any atom is -0.497 e. The van der Waals surface area contributed by atoms with Crippen molar-refractivity contribution in [2.45, 2.75) is 0 Å². The third-order valence-electron chi connectivity index (χ3n) is 2.76. The van der Waals surface area contributed by atoms with Crippen molar-refractivity contribution in [3.63, 3.8) is 0 Å². The Labute approximate surface area is 122 Å². The van der Waals surface area contributed by atoms with Gasteiger partial charge < -0.3 is 14.8 Å². The number of benzene rings is 2. The van der Waals surface area contributed by atoms with Gasteiger partial charge in [-0.05, 0) is 24.3 Å². The first-order chi connectivity index (χ1) is 10.2. The zero-order valence-electron chi connectivity index (χ0n) is 11.5. The Bertz CT molecular complexity index is 640. The van der Waals surface area contributed by atoms with Crippen LogP contribution in [0.4, 0.5) is 5.69 Å². The summed E-state index contributed by atoms with van der Waals surface area (Å²) in [6.45, 7) is -0.179. The number of hydrogen-bond acceptors (Lipinski definition) is 4. The number of anilines is 1. The molecule has 1 amide bonds. The second-order valence-corrected chi connectivity index (χ2v) is 4.22. The number of aldehydes is 1. The lowest BCUT2D eigenvalue weighted by atomic mass is 10.2. The molecule has 0 radical (unpaired) electrons. The number of rotatable bonds is 6. The molecule has 0 heterocycles. The van der Waals surface area contributed by atoms with E-state index in [9.17, 15) is 9.59 Å². The summed E-state index contributed by atoms with van der Waals surface area (Å²) in [4.78, 5) is 22.7. The van der Waals surface area contributed by atoms with Crippen LogP contribution in [0.15, 0.2) is 48.5 Å². The highest BCUT2D eigenvalue weighted by Gasteiger charge is 2.07. The highest BCUT2D eigenvalue weighted by Crippen LogP contribution is 2.17. The van der Waals surface area contributed by atoms with E-state index in [-0.39, 0.29) is 12.5 Å². The molecular weight excluding hydrogens is 270 g/mol. The second kappa shape index (κ2) is 7.09. The molecule has 0 aliphatic heterocycles. The standard InChI is InChI=1S/C16H15NO4/c1-20-14-7-4-6-13(9-14)17-16(19)11-21-15-8-3-2-5-12(15)10-18/h2-10H,11H2,1H3,(H,17,19).